The Labute approximate surface area is 116 Å². The predicted molar refractivity (Wildman–Crippen MR) is 67.7 cm³/mol. The Morgan fingerprint density at radius 2 is 2.10 bits per heavy atom. The lowest BCUT2D eigenvalue weighted by Gasteiger charge is -2.16. The van der Waals surface area contributed by atoms with Crippen LogP contribution in [0.3, 0.4) is 0 Å². The zero-order valence-corrected chi connectivity index (χ0v) is 11.7. The molecule has 1 N–H and O–H groups in total. The summed E-state index contributed by atoms with van der Waals surface area (Å²) < 4.78 is 4.59. The van der Waals surface area contributed by atoms with E-state index in [1.54, 1.807) is 13.8 Å². The molecule has 2 fully saturated rings. The van der Waals surface area contributed by atoms with Crippen molar-refractivity contribution in [3.05, 3.63) is 0 Å². The number of hydrogen-bond acceptors (Lipinski definition) is 7. The molecule has 2 heterocycles. The summed E-state index contributed by atoms with van der Waals surface area (Å²) in [5, 5.41) is 0. The van der Waals surface area contributed by atoms with Crippen LogP contribution in [0.2, 0.25) is 0 Å². The standard InChI is InChI=1S/C12H17N3O5/c1-5(13-6(2)12(18)19-4)8-7-9(20-14-8)11(17)15(3)10(7)16/h6-9,14H,1-4H3/t6-,7+,8-,9-/m0/s1. The number of ether oxygens (including phenoxy) is 1. The Kier molecular flexibility index (Phi) is 3.87. The zero-order chi connectivity index (χ0) is 15.0. The van der Waals surface area contributed by atoms with Gasteiger partial charge in [0.25, 0.3) is 5.91 Å². The highest BCUT2D eigenvalue weighted by atomic mass is 16.7. The van der Waals surface area contributed by atoms with Gasteiger partial charge in [0.15, 0.2) is 6.10 Å². The number of esters is 1. The summed E-state index contributed by atoms with van der Waals surface area (Å²) in [5.74, 6) is -1.79. The lowest BCUT2D eigenvalue weighted by atomic mass is 9.94. The van der Waals surface area contributed by atoms with Crippen LogP contribution in [-0.4, -0.2) is 60.7 Å². The van der Waals surface area contributed by atoms with Gasteiger partial charge in [0.1, 0.15) is 6.04 Å². The molecule has 8 nitrogen and oxygen atoms in total. The average Bonchev–Trinajstić information content (AvgIpc) is 2.95. The van der Waals surface area contributed by atoms with Crippen LogP contribution in [0.5, 0.6) is 0 Å². The fourth-order valence-corrected chi connectivity index (χ4v) is 2.42. The molecular weight excluding hydrogens is 266 g/mol. The number of likely N-dealkylation sites (tertiary alicyclic amines) is 1. The van der Waals surface area contributed by atoms with Crippen molar-refractivity contribution in [2.45, 2.75) is 32.0 Å². The van der Waals surface area contributed by atoms with Crippen molar-refractivity contribution in [3.63, 3.8) is 0 Å². The van der Waals surface area contributed by atoms with E-state index in [4.69, 9.17) is 4.84 Å². The van der Waals surface area contributed by atoms with Crippen LogP contribution in [0.25, 0.3) is 0 Å². The van der Waals surface area contributed by atoms with Crippen molar-refractivity contribution in [1.82, 2.24) is 10.4 Å². The zero-order valence-electron chi connectivity index (χ0n) is 11.7. The molecule has 110 valence electrons. The molecule has 0 aromatic heterocycles. The molecule has 0 radical (unpaired) electrons. The summed E-state index contributed by atoms with van der Waals surface area (Å²) in [6.45, 7) is 3.27. The van der Waals surface area contributed by atoms with Gasteiger partial charge in [-0.1, -0.05) is 0 Å². The molecule has 2 rings (SSSR count). The van der Waals surface area contributed by atoms with Crippen LogP contribution >= 0.6 is 0 Å². The smallest absolute Gasteiger partial charge is 0.330 e. The lowest BCUT2D eigenvalue weighted by molar-refractivity contribution is -0.143. The highest BCUT2D eigenvalue weighted by molar-refractivity contribution is 6.09. The number of methoxy groups -OCH3 is 1. The fraction of sp³-hybridized carbons (Fsp3) is 0.667. The van der Waals surface area contributed by atoms with Gasteiger partial charge >= 0.3 is 5.97 Å². The number of carbonyl (C=O) groups excluding carboxylic acids is 3. The number of hydroxylamine groups is 1. The van der Waals surface area contributed by atoms with Crippen molar-refractivity contribution >= 4 is 23.5 Å². The average molecular weight is 283 g/mol. The van der Waals surface area contributed by atoms with E-state index >= 15 is 0 Å². The summed E-state index contributed by atoms with van der Waals surface area (Å²) >= 11 is 0. The maximum absolute atomic E-state index is 12.0. The maximum atomic E-state index is 12.0. The number of hydrogen-bond donors (Lipinski definition) is 1. The molecule has 0 aliphatic carbocycles. The number of nitrogens with zero attached hydrogens (tertiary/aromatic N) is 2. The van der Waals surface area contributed by atoms with E-state index in [0.717, 1.165) is 4.90 Å². The molecule has 0 spiro atoms. The molecule has 0 aromatic rings. The van der Waals surface area contributed by atoms with E-state index in [1.807, 2.05) is 0 Å². The number of aliphatic imine (C=N–C) groups is 1. The third-order valence-electron chi connectivity index (χ3n) is 3.59. The molecule has 2 aliphatic rings. The Balaban J connectivity index is 2.18. The van der Waals surface area contributed by atoms with E-state index in [-0.39, 0.29) is 11.8 Å². The van der Waals surface area contributed by atoms with Crippen molar-refractivity contribution in [2.24, 2.45) is 10.9 Å². The van der Waals surface area contributed by atoms with Crippen molar-refractivity contribution in [1.29, 1.82) is 0 Å². The van der Waals surface area contributed by atoms with Crippen LogP contribution in [0.4, 0.5) is 0 Å². The molecule has 8 heteroatoms. The normalized spacial score (nSPS) is 31.5. The van der Waals surface area contributed by atoms with Crippen molar-refractivity contribution < 1.29 is 24.0 Å². The first-order valence-electron chi connectivity index (χ1n) is 6.23. The third kappa shape index (κ3) is 2.20. The molecule has 2 saturated heterocycles. The Bertz CT molecular complexity index is 489. The highest BCUT2D eigenvalue weighted by Gasteiger charge is 2.55. The Hall–Kier alpha value is -1.80. The topological polar surface area (TPSA) is 97.3 Å². The van der Waals surface area contributed by atoms with Gasteiger partial charge < -0.3 is 4.74 Å². The Morgan fingerprint density at radius 1 is 1.45 bits per heavy atom. The molecule has 2 aliphatic heterocycles. The second-order valence-corrected chi connectivity index (χ2v) is 4.86. The van der Waals surface area contributed by atoms with Gasteiger partial charge in [0.05, 0.1) is 19.1 Å². The number of nitrogens with one attached hydrogen (secondary N) is 1. The fourth-order valence-electron chi connectivity index (χ4n) is 2.42. The minimum absolute atomic E-state index is 0.310. The van der Waals surface area contributed by atoms with E-state index < -0.39 is 30.1 Å². The Morgan fingerprint density at radius 3 is 2.70 bits per heavy atom. The van der Waals surface area contributed by atoms with E-state index in [0.29, 0.717) is 5.71 Å². The molecule has 2 amide bonds. The number of carbonyl (C=O) groups is 3. The number of imide groups is 1. The van der Waals surface area contributed by atoms with Gasteiger partial charge in [0, 0.05) is 12.8 Å². The van der Waals surface area contributed by atoms with Gasteiger partial charge in [-0.3, -0.25) is 24.3 Å². The lowest BCUT2D eigenvalue weighted by Crippen LogP contribution is -2.40. The molecule has 0 unspecified atom stereocenters. The monoisotopic (exact) mass is 283 g/mol. The van der Waals surface area contributed by atoms with Crippen LogP contribution in [0, 0.1) is 5.92 Å². The first-order chi connectivity index (χ1) is 9.38. The van der Waals surface area contributed by atoms with Gasteiger partial charge in [-0.2, -0.15) is 5.48 Å². The number of amides is 2. The number of likely N-dealkylation sites (N-methyl/N-ethyl adjacent to an activating group) is 1. The SMILES string of the molecule is COC(=O)[C@H](C)N=C(C)[C@@H]1NO[C@@H]2C(=O)N(C)C(=O)[C@@H]21. The van der Waals surface area contributed by atoms with Crippen LogP contribution < -0.4 is 5.48 Å². The van der Waals surface area contributed by atoms with E-state index in [1.165, 1.54) is 14.2 Å². The summed E-state index contributed by atoms with van der Waals surface area (Å²) in [7, 11) is 2.71. The quantitative estimate of drug-likeness (QED) is 0.401. The molecule has 4 atom stereocenters. The van der Waals surface area contributed by atoms with Crippen LogP contribution in [0.15, 0.2) is 4.99 Å². The first kappa shape index (κ1) is 14.6. The largest absolute Gasteiger partial charge is 0.467 e. The maximum Gasteiger partial charge on any atom is 0.330 e. The second kappa shape index (κ2) is 5.29. The number of fused-ring (bicyclic) bond motifs is 1. The van der Waals surface area contributed by atoms with Gasteiger partial charge in [-0.25, -0.2) is 4.79 Å². The van der Waals surface area contributed by atoms with Crippen molar-refractivity contribution in [2.75, 3.05) is 14.2 Å². The van der Waals surface area contributed by atoms with Crippen molar-refractivity contribution in [3.8, 4) is 0 Å². The van der Waals surface area contributed by atoms with Crippen LogP contribution in [-0.2, 0) is 24.0 Å². The number of rotatable bonds is 3. The van der Waals surface area contributed by atoms with Gasteiger partial charge in [0.2, 0.25) is 5.91 Å². The summed E-state index contributed by atoms with van der Waals surface area (Å²) in [6.07, 6.45) is -0.823. The molecule has 0 saturated carbocycles. The first-order valence-corrected chi connectivity index (χ1v) is 6.23. The minimum atomic E-state index is -0.823. The second-order valence-electron chi connectivity index (χ2n) is 4.86. The predicted octanol–water partition coefficient (Wildman–Crippen LogP) is -1.10. The van der Waals surface area contributed by atoms with E-state index in [2.05, 4.69) is 15.2 Å². The summed E-state index contributed by atoms with van der Waals surface area (Å²) in [6, 6.07) is -1.20. The molecular formula is C12H17N3O5. The molecule has 0 bridgehead atoms. The molecule has 0 aromatic carbocycles. The summed E-state index contributed by atoms with van der Waals surface area (Å²) in [5.41, 5.74) is 3.17. The molecule has 20 heavy (non-hydrogen) atoms. The van der Waals surface area contributed by atoms with Gasteiger partial charge in [-0.05, 0) is 13.8 Å². The van der Waals surface area contributed by atoms with Gasteiger partial charge in [-0.15, -0.1) is 0 Å². The third-order valence-corrected chi connectivity index (χ3v) is 3.59. The van der Waals surface area contributed by atoms with E-state index in [9.17, 15) is 14.4 Å². The van der Waals surface area contributed by atoms with Crippen LogP contribution in [0.1, 0.15) is 13.8 Å². The summed E-state index contributed by atoms with van der Waals surface area (Å²) in [4.78, 5) is 45.6. The minimum Gasteiger partial charge on any atom is -0.467 e. The highest BCUT2D eigenvalue weighted by Crippen LogP contribution is 2.30.